The van der Waals surface area contributed by atoms with Gasteiger partial charge in [-0.25, -0.2) is 9.78 Å². The van der Waals surface area contributed by atoms with Crippen LogP contribution < -0.4 is 5.32 Å². The van der Waals surface area contributed by atoms with Crippen molar-refractivity contribution in [1.29, 1.82) is 0 Å². The highest BCUT2D eigenvalue weighted by molar-refractivity contribution is 5.94. The lowest BCUT2D eigenvalue weighted by molar-refractivity contribution is 0.0601. The zero-order chi connectivity index (χ0) is 24.4. The molecule has 1 fully saturated rings. The number of piperidine rings is 1. The number of anilines is 1. The van der Waals surface area contributed by atoms with Gasteiger partial charge in [0.2, 0.25) is 5.95 Å². The number of carbonyl (C=O) groups is 1. The lowest BCUT2D eigenvalue weighted by Crippen LogP contribution is -2.40. The highest BCUT2D eigenvalue weighted by atomic mass is 16.5. The fraction of sp³-hybridized carbons (Fsp3) is 0.385. The maximum absolute atomic E-state index is 11.8. The van der Waals surface area contributed by atoms with E-state index in [0.717, 1.165) is 61.4 Å². The van der Waals surface area contributed by atoms with Crippen LogP contribution in [0.2, 0.25) is 0 Å². The number of nitrogens with one attached hydrogen (secondary N) is 1. The molecule has 35 heavy (non-hydrogen) atoms. The van der Waals surface area contributed by atoms with E-state index >= 15 is 0 Å². The van der Waals surface area contributed by atoms with Gasteiger partial charge >= 0.3 is 5.97 Å². The predicted octanol–water partition coefficient (Wildman–Crippen LogP) is 3.84. The summed E-state index contributed by atoms with van der Waals surface area (Å²) < 4.78 is 12.1. The summed E-state index contributed by atoms with van der Waals surface area (Å²) in [5.74, 6) is 1.69. The summed E-state index contributed by atoms with van der Waals surface area (Å²) >= 11 is 0. The molecule has 182 valence electrons. The van der Waals surface area contributed by atoms with Gasteiger partial charge in [-0.1, -0.05) is 17.3 Å². The van der Waals surface area contributed by atoms with Gasteiger partial charge in [0, 0.05) is 38.3 Å². The Bertz CT molecular complexity index is 1320. The maximum atomic E-state index is 11.8. The zero-order valence-corrected chi connectivity index (χ0v) is 20.3. The molecule has 0 radical (unpaired) electrons. The van der Waals surface area contributed by atoms with E-state index in [9.17, 15) is 4.79 Å². The van der Waals surface area contributed by atoms with Crippen LogP contribution in [0.4, 0.5) is 5.95 Å². The molecule has 5 rings (SSSR count). The smallest absolute Gasteiger partial charge is 0.337 e. The number of hydrogen-bond donors (Lipinski definition) is 1. The van der Waals surface area contributed by atoms with Gasteiger partial charge in [-0.15, -0.1) is 0 Å². The van der Waals surface area contributed by atoms with Crippen LogP contribution in [0.25, 0.3) is 22.5 Å². The van der Waals surface area contributed by atoms with E-state index in [1.807, 2.05) is 36.7 Å². The summed E-state index contributed by atoms with van der Waals surface area (Å²) in [5, 5.41) is 7.46. The number of rotatable bonds is 7. The third kappa shape index (κ3) is 5.05. The molecule has 3 heterocycles. The number of esters is 1. The highest BCUT2D eigenvalue weighted by Gasteiger charge is 2.21. The molecule has 9 heteroatoms. The van der Waals surface area contributed by atoms with Gasteiger partial charge in [-0.3, -0.25) is 0 Å². The van der Waals surface area contributed by atoms with E-state index < -0.39 is 0 Å². The molecule has 9 nitrogen and oxygen atoms in total. The Balaban J connectivity index is 1.13. The SMILES string of the molecule is COC(=O)c1ccc2c(c1)nc(NC1CCN(CCc3ccc(-c4nc(C)no4)cc3)CC1)n2C. The number of ether oxygens (including phenoxy) is 1. The molecule has 0 atom stereocenters. The number of imidazole rings is 1. The average Bonchev–Trinajstić information content (AvgIpc) is 3.46. The topological polar surface area (TPSA) is 98.3 Å². The minimum atomic E-state index is -0.350. The summed E-state index contributed by atoms with van der Waals surface area (Å²) in [7, 11) is 3.38. The van der Waals surface area contributed by atoms with Crippen molar-refractivity contribution in [2.75, 3.05) is 32.1 Å². The Morgan fingerprint density at radius 3 is 2.60 bits per heavy atom. The van der Waals surface area contributed by atoms with Crippen LogP contribution in [0.15, 0.2) is 47.0 Å². The molecule has 0 saturated carbocycles. The Morgan fingerprint density at radius 2 is 1.91 bits per heavy atom. The number of methoxy groups -OCH3 is 1. The van der Waals surface area contributed by atoms with Gasteiger partial charge in [0.05, 0.1) is 23.7 Å². The van der Waals surface area contributed by atoms with Crippen molar-refractivity contribution in [3.05, 3.63) is 59.4 Å². The molecule has 2 aromatic carbocycles. The minimum Gasteiger partial charge on any atom is -0.465 e. The first-order chi connectivity index (χ1) is 17.0. The van der Waals surface area contributed by atoms with Crippen LogP contribution >= 0.6 is 0 Å². The zero-order valence-electron chi connectivity index (χ0n) is 20.3. The number of fused-ring (bicyclic) bond motifs is 1. The monoisotopic (exact) mass is 474 g/mol. The third-order valence-electron chi connectivity index (χ3n) is 6.67. The van der Waals surface area contributed by atoms with E-state index in [4.69, 9.17) is 14.2 Å². The molecular weight excluding hydrogens is 444 g/mol. The Kier molecular flexibility index (Phi) is 6.50. The summed E-state index contributed by atoms with van der Waals surface area (Å²) in [6, 6.07) is 14.2. The Hall–Kier alpha value is -3.72. The van der Waals surface area contributed by atoms with E-state index in [1.165, 1.54) is 12.7 Å². The number of likely N-dealkylation sites (tertiary alicyclic amines) is 1. The number of benzene rings is 2. The summed E-state index contributed by atoms with van der Waals surface area (Å²) in [6.07, 6.45) is 3.13. The number of carbonyl (C=O) groups excluding carboxylic acids is 1. The molecule has 1 N–H and O–H groups in total. The third-order valence-corrected chi connectivity index (χ3v) is 6.67. The maximum Gasteiger partial charge on any atom is 0.337 e. The van der Waals surface area contributed by atoms with E-state index in [1.54, 1.807) is 12.1 Å². The largest absolute Gasteiger partial charge is 0.465 e. The molecule has 4 aromatic rings. The fourth-order valence-corrected chi connectivity index (χ4v) is 4.57. The second-order valence-corrected chi connectivity index (χ2v) is 9.04. The van der Waals surface area contributed by atoms with Crippen LogP contribution in [0, 0.1) is 6.92 Å². The first kappa shape index (κ1) is 23.0. The first-order valence-electron chi connectivity index (χ1n) is 11.9. The first-order valence-corrected chi connectivity index (χ1v) is 11.9. The molecule has 1 aliphatic heterocycles. The molecule has 0 amide bonds. The van der Waals surface area contributed by atoms with Gasteiger partial charge in [0.1, 0.15) is 0 Å². The second-order valence-electron chi connectivity index (χ2n) is 9.04. The van der Waals surface area contributed by atoms with Crippen LogP contribution in [-0.2, 0) is 18.2 Å². The van der Waals surface area contributed by atoms with Gasteiger partial charge in [-0.2, -0.15) is 4.98 Å². The molecule has 0 unspecified atom stereocenters. The van der Waals surface area contributed by atoms with Gasteiger partial charge in [0.15, 0.2) is 5.82 Å². The summed E-state index contributed by atoms with van der Waals surface area (Å²) in [6.45, 7) is 4.95. The van der Waals surface area contributed by atoms with Crippen molar-refractivity contribution in [2.24, 2.45) is 7.05 Å². The lowest BCUT2D eigenvalue weighted by atomic mass is 10.0. The number of nitrogens with zero attached hydrogens (tertiary/aromatic N) is 5. The Morgan fingerprint density at radius 1 is 1.14 bits per heavy atom. The highest BCUT2D eigenvalue weighted by Crippen LogP contribution is 2.23. The predicted molar refractivity (Wildman–Crippen MR) is 133 cm³/mol. The minimum absolute atomic E-state index is 0.350. The van der Waals surface area contributed by atoms with Crippen molar-refractivity contribution in [1.82, 2.24) is 24.6 Å². The molecule has 1 aliphatic rings. The fourth-order valence-electron chi connectivity index (χ4n) is 4.57. The molecule has 0 bridgehead atoms. The van der Waals surface area contributed by atoms with E-state index in [0.29, 0.717) is 23.3 Å². The van der Waals surface area contributed by atoms with Gasteiger partial charge < -0.3 is 24.0 Å². The molecule has 0 aliphatic carbocycles. The van der Waals surface area contributed by atoms with Crippen LogP contribution in [0.1, 0.15) is 34.6 Å². The summed E-state index contributed by atoms with van der Waals surface area (Å²) in [4.78, 5) is 23.4. The Labute approximate surface area is 204 Å². The quantitative estimate of drug-likeness (QED) is 0.404. The van der Waals surface area contributed by atoms with Gasteiger partial charge in [0.25, 0.3) is 5.89 Å². The van der Waals surface area contributed by atoms with Crippen molar-refractivity contribution in [3.8, 4) is 11.5 Å². The second kappa shape index (κ2) is 9.87. The van der Waals surface area contributed by atoms with Crippen LogP contribution in [-0.4, -0.2) is 63.3 Å². The van der Waals surface area contributed by atoms with Crippen molar-refractivity contribution < 1.29 is 14.1 Å². The lowest BCUT2D eigenvalue weighted by Gasteiger charge is -2.32. The average molecular weight is 475 g/mol. The summed E-state index contributed by atoms with van der Waals surface area (Å²) in [5.41, 5.74) is 4.53. The van der Waals surface area contributed by atoms with Crippen molar-refractivity contribution >= 4 is 23.0 Å². The molecular formula is C26H30N6O3. The number of hydrogen-bond acceptors (Lipinski definition) is 8. The van der Waals surface area contributed by atoms with E-state index in [2.05, 4.69) is 32.5 Å². The van der Waals surface area contributed by atoms with Gasteiger partial charge in [-0.05, 0) is 62.1 Å². The van der Waals surface area contributed by atoms with Crippen LogP contribution in [0.5, 0.6) is 0 Å². The number of aromatic nitrogens is 4. The van der Waals surface area contributed by atoms with E-state index in [-0.39, 0.29) is 5.97 Å². The van der Waals surface area contributed by atoms with Crippen molar-refractivity contribution in [2.45, 2.75) is 32.2 Å². The van der Waals surface area contributed by atoms with Crippen LogP contribution in [0.3, 0.4) is 0 Å². The standard InChI is InChI=1S/C26H30N6O3/c1-17-27-24(35-30-17)19-6-4-18(5-7-19)10-13-32-14-11-21(12-15-32)28-26-29-22-16-20(25(33)34-3)8-9-23(22)31(26)2/h4-9,16,21H,10-15H2,1-3H3,(H,28,29). The van der Waals surface area contributed by atoms with Crippen molar-refractivity contribution in [3.63, 3.8) is 0 Å². The normalized spacial score (nSPS) is 14.9. The number of aryl methyl sites for hydroxylation is 2. The molecule has 2 aromatic heterocycles. The molecule has 1 saturated heterocycles. The molecule has 0 spiro atoms.